The zero-order valence-electron chi connectivity index (χ0n) is 11.4. The average molecular weight is 265 g/mol. The van der Waals surface area contributed by atoms with E-state index in [4.69, 9.17) is 9.84 Å². The molecule has 5 nitrogen and oxygen atoms in total. The summed E-state index contributed by atoms with van der Waals surface area (Å²) in [6.45, 7) is 5.54. The molecule has 104 valence electrons. The van der Waals surface area contributed by atoms with Crippen LogP contribution >= 0.6 is 0 Å². The lowest BCUT2D eigenvalue weighted by molar-refractivity contribution is -0.139. The molecule has 0 aromatic heterocycles. The summed E-state index contributed by atoms with van der Waals surface area (Å²) in [5.74, 6) is -0.583. The van der Waals surface area contributed by atoms with Crippen LogP contribution in [0.2, 0.25) is 0 Å². The third-order valence-corrected chi connectivity index (χ3v) is 2.40. The van der Waals surface area contributed by atoms with Gasteiger partial charge in [-0.2, -0.15) is 0 Å². The Bertz CT molecular complexity index is 463. The minimum absolute atomic E-state index is 0.0376. The number of nitrogens with one attached hydrogen (secondary N) is 1. The van der Waals surface area contributed by atoms with Crippen molar-refractivity contribution < 1.29 is 19.4 Å². The molecular weight excluding hydrogens is 246 g/mol. The molecule has 0 aliphatic carbocycles. The van der Waals surface area contributed by atoms with E-state index in [9.17, 15) is 9.59 Å². The fourth-order valence-corrected chi connectivity index (χ4v) is 1.34. The van der Waals surface area contributed by atoms with Gasteiger partial charge in [0.1, 0.15) is 5.75 Å². The number of hydrogen-bond acceptors (Lipinski definition) is 3. The standard InChI is InChI=1S/C14H19NO4/c1-14(2,3)13(18)15-8-10-5-4-6-11(7-10)19-9-12(16)17/h4-7H,8-9H2,1-3H3,(H,15,18)(H,16,17). The zero-order valence-corrected chi connectivity index (χ0v) is 11.4. The van der Waals surface area contributed by atoms with Gasteiger partial charge in [0.25, 0.3) is 0 Å². The first-order valence-corrected chi connectivity index (χ1v) is 6.01. The highest BCUT2D eigenvalue weighted by Crippen LogP contribution is 2.15. The average Bonchev–Trinajstić information content (AvgIpc) is 2.32. The molecule has 0 heterocycles. The van der Waals surface area contributed by atoms with Gasteiger partial charge in [0, 0.05) is 12.0 Å². The molecule has 1 amide bonds. The van der Waals surface area contributed by atoms with E-state index in [0.29, 0.717) is 12.3 Å². The van der Waals surface area contributed by atoms with Crippen molar-refractivity contribution in [2.75, 3.05) is 6.61 Å². The first-order chi connectivity index (χ1) is 8.79. The minimum Gasteiger partial charge on any atom is -0.482 e. The Morgan fingerprint density at radius 2 is 2.00 bits per heavy atom. The van der Waals surface area contributed by atoms with Gasteiger partial charge >= 0.3 is 5.97 Å². The number of carbonyl (C=O) groups excluding carboxylic acids is 1. The molecule has 0 saturated carbocycles. The lowest BCUT2D eigenvalue weighted by atomic mass is 9.95. The molecule has 0 aliphatic rings. The maximum Gasteiger partial charge on any atom is 0.341 e. The Balaban J connectivity index is 2.57. The van der Waals surface area contributed by atoms with Gasteiger partial charge < -0.3 is 15.2 Å². The highest BCUT2D eigenvalue weighted by molar-refractivity contribution is 5.81. The lowest BCUT2D eigenvalue weighted by Gasteiger charge is -2.17. The maximum absolute atomic E-state index is 11.7. The van der Waals surface area contributed by atoms with Crippen molar-refractivity contribution in [1.29, 1.82) is 0 Å². The number of amides is 1. The molecule has 0 saturated heterocycles. The largest absolute Gasteiger partial charge is 0.482 e. The highest BCUT2D eigenvalue weighted by atomic mass is 16.5. The van der Waals surface area contributed by atoms with Crippen molar-refractivity contribution in [2.24, 2.45) is 5.41 Å². The zero-order chi connectivity index (χ0) is 14.5. The number of carboxylic acids is 1. The van der Waals surface area contributed by atoms with E-state index in [1.807, 2.05) is 26.8 Å². The number of ether oxygens (including phenoxy) is 1. The van der Waals surface area contributed by atoms with E-state index in [0.717, 1.165) is 5.56 Å². The first-order valence-electron chi connectivity index (χ1n) is 6.01. The Kier molecular flexibility index (Phi) is 4.92. The molecule has 1 aromatic carbocycles. The van der Waals surface area contributed by atoms with Gasteiger partial charge in [-0.1, -0.05) is 32.9 Å². The summed E-state index contributed by atoms with van der Waals surface area (Å²) in [4.78, 5) is 22.1. The summed E-state index contributed by atoms with van der Waals surface area (Å²) < 4.78 is 5.07. The fraction of sp³-hybridized carbons (Fsp3) is 0.429. The van der Waals surface area contributed by atoms with Gasteiger partial charge in [-0.05, 0) is 17.7 Å². The lowest BCUT2D eigenvalue weighted by Crippen LogP contribution is -2.34. The van der Waals surface area contributed by atoms with Gasteiger partial charge in [0.05, 0.1) is 0 Å². The van der Waals surface area contributed by atoms with Gasteiger partial charge in [-0.25, -0.2) is 4.79 Å². The van der Waals surface area contributed by atoms with E-state index in [1.54, 1.807) is 18.2 Å². The van der Waals surface area contributed by atoms with E-state index >= 15 is 0 Å². The normalized spacial score (nSPS) is 10.9. The Hall–Kier alpha value is -2.04. The van der Waals surface area contributed by atoms with Crippen molar-refractivity contribution in [3.63, 3.8) is 0 Å². The Morgan fingerprint density at radius 1 is 1.32 bits per heavy atom. The van der Waals surface area contributed by atoms with E-state index in [1.165, 1.54) is 0 Å². The van der Waals surface area contributed by atoms with Gasteiger partial charge in [0.2, 0.25) is 5.91 Å². The number of aliphatic carboxylic acids is 1. The molecule has 0 unspecified atom stereocenters. The van der Waals surface area contributed by atoms with Crippen LogP contribution in [0.5, 0.6) is 5.75 Å². The maximum atomic E-state index is 11.7. The van der Waals surface area contributed by atoms with E-state index in [-0.39, 0.29) is 12.5 Å². The van der Waals surface area contributed by atoms with E-state index in [2.05, 4.69) is 5.32 Å². The van der Waals surface area contributed by atoms with Crippen molar-refractivity contribution in [1.82, 2.24) is 5.32 Å². The fourth-order valence-electron chi connectivity index (χ4n) is 1.34. The van der Waals surface area contributed by atoms with Crippen molar-refractivity contribution in [3.05, 3.63) is 29.8 Å². The molecule has 1 rings (SSSR count). The molecule has 0 fully saturated rings. The summed E-state index contributed by atoms with van der Waals surface area (Å²) in [6.07, 6.45) is 0. The van der Waals surface area contributed by atoms with Crippen LogP contribution in [-0.4, -0.2) is 23.6 Å². The summed E-state index contributed by atoms with van der Waals surface area (Å²) in [5.41, 5.74) is 0.428. The van der Waals surface area contributed by atoms with Gasteiger partial charge in [-0.15, -0.1) is 0 Å². The van der Waals surface area contributed by atoms with Crippen LogP contribution in [0.4, 0.5) is 0 Å². The molecule has 0 atom stereocenters. The van der Waals surface area contributed by atoms with Gasteiger partial charge in [-0.3, -0.25) is 4.79 Å². The molecule has 0 radical (unpaired) electrons. The van der Waals surface area contributed by atoms with Crippen LogP contribution < -0.4 is 10.1 Å². The third kappa shape index (κ3) is 5.42. The highest BCUT2D eigenvalue weighted by Gasteiger charge is 2.20. The molecule has 0 spiro atoms. The molecule has 1 aromatic rings. The molecular formula is C14H19NO4. The number of carboxylic acid groups (broad SMARTS) is 1. The van der Waals surface area contributed by atoms with Crippen molar-refractivity contribution >= 4 is 11.9 Å². The minimum atomic E-state index is -1.02. The van der Waals surface area contributed by atoms with Crippen LogP contribution in [0.3, 0.4) is 0 Å². The second kappa shape index (κ2) is 6.22. The van der Waals surface area contributed by atoms with Crippen LogP contribution in [-0.2, 0) is 16.1 Å². The molecule has 0 aliphatic heterocycles. The van der Waals surface area contributed by atoms with Gasteiger partial charge in [0.15, 0.2) is 6.61 Å². The summed E-state index contributed by atoms with van der Waals surface area (Å²) >= 11 is 0. The summed E-state index contributed by atoms with van der Waals surface area (Å²) in [5, 5.41) is 11.3. The monoisotopic (exact) mass is 265 g/mol. The van der Waals surface area contributed by atoms with Crippen LogP contribution in [0, 0.1) is 5.41 Å². The second-order valence-electron chi connectivity index (χ2n) is 5.26. The summed E-state index contributed by atoms with van der Waals surface area (Å²) in [6, 6.07) is 7.00. The molecule has 19 heavy (non-hydrogen) atoms. The molecule has 0 bridgehead atoms. The smallest absolute Gasteiger partial charge is 0.341 e. The molecule has 2 N–H and O–H groups in total. The van der Waals surface area contributed by atoms with Crippen LogP contribution in [0.1, 0.15) is 26.3 Å². The van der Waals surface area contributed by atoms with Crippen molar-refractivity contribution in [3.8, 4) is 5.75 Å². The number of carbonyl (C=O) groups is 2. The Labute approximate surface area is 112 Å². The number of rotatable bonds is 5. The Morgan fingerprint density at radius 3 is 2.58 bits per heavy atom. The number of hydrogen-bond donors (Lipinski definition) is 2. The van der Waals surface area contributed by atoms with E-state index < -0.39 is 11.4 Å². The molecule has 5 heteroatoms. The predicted molar refractivity (Wildman–Crippen MR) is 70.9 cm³/mol. The van der Waals surface area contributed by atoms with Crippen molar-refractivity contribution in [2.45, 2.75) is 27.3 Å². The SMILES string of the molecule is CC(C)(C)C(=O)NCc1cccc(OCC(=O)O)c1. The number of benzene rings is 1. The quantitative estimate of drug-likeness (QED) is 0.851. The van der Waals surface area contributed by atoms with Crippen LogP contribution in [0.25, 0.3) is 0 Å². The third-order valence-electron chi connectivity index (χ3n) is 2.40. The topological polar surface area (TPSA) is 75.6 Å². The van der Waals surface area contributed by atoms with Crippen LogP contribution in [0.15, 0.2) is 24.3 Å². The predicted octanol–water partition coefficient (Wildman–Crippen LogP) is 1.81. The first kappa shape index (κ1) is 15.0. The second-order valence-corrected chi connectivity index (χ2v) is 5.26. The summed E-state index contributed by atoms with van der Waals surface area (Å²) in [7, 11) is 0.